The molecule has 0 amide bonds. The normalized spacial score (nSPS) is 17.1. The number of hydrogen-bond donors (Lipinski definition) is 1. The van der Waals surface area contributed by atoms with Crippen LogP contribution in [0.4, 0.5) is 0 Å². The van der Waals surface area contributed by atoms with Gasteiger partial charge in [0.2, 0.25) is 5.75 Å². The number of ether oxygens (including phenoxy) is 4. The summed E-state index contributed by atoms with van der Waals surface area (Å²) in [6.45, 7) is 6.44. The van der Waals surface area contributed by atoms with E-state index in [1.165, 1.54) is 7.11 Å². The highest BCUT2D eigenvalue weighted by Crippen LogP contribution is 2.55. The Morgan fingerprint density at radius 1 is 1.09 bits per heavy atom. The minimum atomic E-state index is -0.920. The third-order valence-corrected chi connectivity index (χ3v) is 6.38. The van der Waals surface area contributed by atoms with Crippen molar-refractivity contribution in [1.29, 1.82) is 0 Å². The standard InChI is InChI=1S/C26H30O7/c1-25(2,3)13-20(26(10-11-26)24(28)29)33-21-17(8-9-19(30-4)22(21)31-5)15-6-7-18-16(12-15)14-32-23(18)27/h6-9,12,20H,10-11,13-14H2,1-5H3,(H,28,29). The molecule has 1 aliphatic carbocycles. The zero-order valence-corrected chi connectivity index (χ0v) is 19.7. The number of carbonyl (C=O) groups is 2. The summed E-state index contributed by atoms with van der Waals surface area (Å²) >= 11 is 0. The molecule has 1 aliphatic heterocycles. The van der Waals surface area contributed by atoms with Gasteiger partial charge in [0.05, 0.1) is 19.8 Å². The summed E-state index contributed by atoms with van der Waals surface area (Å²) < 4.78 is 22.9. The molecule has 1 saturated carbocycles. The van der Waals surface area contributed by atoms with E-state index in [1.807, 2.05) is 18.2 Å². The number of hydrogen-bond acceptors (Lipinski definition) is 6. The van der Waals surface area contributed by atoms with Gasteiger partial charge in [-0.15, -0.1) is 0 Å². The first-order chi connectivity index (χ1) is 15.6. The summed E-state index contributed by atoms with van der Waals surface area (Å²) in [7, 11) is 3.08. The third kappa shape index (κ3) is 4.24. The number of aliphatic carboxylic acids is 1. The third-order valence-electron chi connectivity index (χ3n) is 6.38. The molecule has 176 valence electrons. The lowest BCUT2D eigenvalue weighted by Crippen LogP contribution is -2.38. The van der Waals surface area contributed by atoms with E-state index in [4.69, 9.17) is 18.9 Å². The fourth-order valence-electron chi connectivity index (χ4n) is 4.40. The Bertz CT molecular complexity index is 1090. The Balaban J connectivity index is 1.84. The summed E-state index contributed by atoms with van der Waals surface area (Å²) in [5.74, 6) is 0.161. The summed E-state index contributed by atoms with van der Waals surface area (Å²) in [5, 5.41) is 10.0. The molecule has 2 aromatic carbocycles. The molecule has 0 aromatic heterocycles. The summed E-state index contributed by atoms with van der Waals surface area (Å²) in [6.07, 6.45) is 1.16. The van der Waals surface area contributed by atoms with Crippen molar-refractivity contribution in [3.63, 3.8) is 0 Å². The molecule has 2 aromatic rings. The van der Waals surface area contributed by atoms with E-state index in [-0.39, 0.29) is 18.0 Å². The Kier molecular flexibility index (Phi) is 5.76. The van der Waals surface area contributed by atoms with Crippen LogP contribution in [-0.2, 0) is 16.1 Å². The Hall–Kier alpha value is -3.22. The number of rotatable bonds is 8. The minimum absolute atomic E-state index is 0.146. The fourth-order valence-corrected chi connectivity index (χ4v) is 4.40. The van der Waals surface area contributed by atoms with Crippen LogP contribution in [0.15, 0.2) is 30.3 Å². The lowest BCUT2D eigenvalue weighted by atomic mass is 9.83. The lowest BCUT2D eigenvalue weighted by molar-refractivity contribution is -0.148. The van der Waals surface area contributed by atoms with Gasteiger partial charge in [-0.05, 0) is 54.5 Å². The molecular formula is C26H30O7. The van der Waals surface area contributed by atoms with Gasteiger partial charge in [0, 0.05) is 11.1 Å². The van der Waals surface area contributed by atoms with Crippen molar-refractivity contribution in [2.75, 3.05) is 14.2 Å². The molecule has 2 aliphatic rings. The Morgan fingerprint density at radius 3 is 2.36 bits per heavy atom. The molecule has 0 bridgehead atoms. The van der Waals surface area contributed by atoms with Crippen LogP contribution in [0.3, 0.4) is 0 Å². The van der Waals surface area contributed by atoms with Gasteiger partial charge in [-0.1, -0.05) is 26.8 Å². The molecule has 1 unspecified atom stereocenters. The molecule has 4 rings (SSSR count). The predicted molar refractivity (Wildman–Crippen MR) is 122 cm³/mol. The number of carboxylic acid groups (broad SMARTS) is 1. The first kappa shape index (κ1) is 23.0. The van der Waals surface area contributed by atoms with Gasteiger partial charge in [-0.3, -0.25) is 4.79 Å². The van der Waals surface area contributed by atoms with Gasteiger partial charge >= 0.3 is 11.9 Å². The van der Waals surface area contributed by atoms with Gasteiger partial charge in [0.15, 0.2) is 11.5 Å². The molecule has 0 radical (unpaired) electrons. The van der Waals surface area contributed by atoms with Crippen LogP contribution in [0.25, 0.3) is 11.1 Å². The van der Waals surface area contributed by atoms with Crippen molar-refractivity contribution in [3.8, 4) is 28.4 Å². The van der Waals surface area contributed by atoms with E-state index >= 15 is 0 Å². The second-order valence-electron chi connectivity index (χ2n) is 9.96. The van der Waals surface area contributed by atoms with E-state index < -0.39 is 17.5 Å². The maximum atomic E-state index is 12.2. The molecule has 0 spiro atoms. The molecular weight excluding hydrogens is 424 g/mol. The number of carboxylic acids is 1. The molecule has 7 heteroatoms. The zero-order chi connectivity index (χ0) is 24.0. The molecule has 1 heterocycles. The lowest BCUT2D eigenvalue weighted by Gasteiger charge is -2.32. The highest BCUT2D eigenvalue weighted by atomic mass is 16.5. The van der Waals surface area contributed by atoms with Crippen molar-refractivity contribution in [2.24, 2.45) is 10.8 Å². The highest BCUT2D eigenvalue weighted by molar-refractivity contribution is 5.94. The number of esters is 1. The van der Waals surface area contributed by atoms with E-state index in [0.717, 1.165) is 16.7 Å². The topological polar surface area (TPSA) is 91.3 Å². The molecule has 33 heavy (non-hydrogen) atoms. The van der Waals surface area contributed by atoms with Crippen molar-refractivity contribution in [3.05, 3.63) is 41.5 Å². The van der Waals surface area contributed by atoms with Crippen LogP contribution in [0.2, 0.25) is 0 Å². The van der Waals surface area contributed by atoms with Crippen molar-refractivity contribution < 1.29 is 33.6 Å². The average Bonchev–Trinajstić information content (AvgIpc) is 3.50. The van der Waals surface area contributed by atoms with Crippen LogP contribution in [0, 0.1) is 10.8 Å². The van der Waals surface area contributed by atoms with Crippen molar-refractivity contribution in [2.45, 2.75) is 52.7 Å². The van der Waals surface area contributed by atoms with Gasteiger partial charge < -0.3 is 24.1 Å². The van der Waals surface area contributed by atoms with Crippen molar-refractivity contribution in [1.82, 2.24) is 0 Å². The Labute approximate surface area is 193 Å². The number of benzene rings is 2. The highest BCUT2D eigenvalue weighted by Gasteiger charge is 2.58. The molecule has 1 fully saturated rings. The van der Waals surface area contributed by atoms with Crippen LogP contribution >= 0.6 is 0 Å². The number of fused-ring (bicyclic) bond motifs is 1. The summed E-state index contributed by atoms with van der Waals surface area (Å²) in [4.78, 5) is 24.1. The number of cyclic esters (lactones) is 1. The first-order valence-electron chi connectivity index (χ1n) is 11.0. The van der Waals surface area contributed by atoms with E-state index in [2.05, 4.69) is 20.8 Å². The maximum Gasteiger partial charge on any atom is 0.338 e. The molecule has 1 N–H and O–H groups in total. The van der Waals surface area contributed by atoms with Crippen LogP contribution in [0.5, 0.6) is 17.2 Å². The van der Waals surface area contributed by atoms with Crippen molar-refractivity contribution >= 4 is 11.9 Å². The summed E-state index contributed by atoms with van der Waals surface area (Å²) in [6, 6.07) is 9.13. The zero-order valence-electron chi connectivity index (χ0n) is 19.7. The fraction of sp³-hybridized carbons (Fsp3) is 0.462. The van der Waals surface area contributed by atoms with Crippen LogP contribution in [-0.4, -0.2) is 37.4 Å². The van der Waals surface area contributed by atoms with Gasteiger partial charge in [-0.25, -0.2) is 4.79 Å². The summed E-state index contributed by atoms with van der Waals surface area (Å²) in [5.41, 5.74) is 1.83. The Morgan fingerprint density at radius 2 is 1.79 bits per heavy atom. The second kappa shape index (κ2) is 8.28. The number of carbonyl (C=O) groups excluding carboxylic acids is 1. The van der Waals surface area contributed by atoms with Gasteiger partial charge in [0.25, 0.3) is 0 Å². The largest absolute Gasteiger partial charge is 0.493 e. The van der Waals surface area contributed by atoms with Crippen LogP contribution in [0.1, 0.15) is 56.0 Å². The van der Waals surface area contributed by atoms with E-state index in [1.54, 1.807) is 19.2 Å². The first-order valence-corrected chi connectivity index (χ1v) is 11.0. The van der Waals surface area contributed by atoms with Gasteiger partial charge in [0.1, 0.15) is 18.1 Å². The van der Waals surface area contributed by atoms with Gasteiger partial charge in [-0.2, -0.15) is 0 Å². The second-order valence-corrected chi connectivity index (χ2v) is 9.96. The maximum absolute atomic E-state index is 12.2. The SMILES string of the molecule is COc1ccc(-c2ccc3c(c2)COC3=O)c(OC(CC(C)(C)C)C2(C(=O)O)CC2)c1OC. The minimum Gasteiger partial charge on any atom is -0.493 e. The van der Waals surface area contributed by atoms with E-state index in [9.17, 15) is 14.7 Å². The molecule has 7 nitrogen and oxygen atoms in total. The number of methoxy groups -OCH3 is 2. The quantitative estimate of drug-likeness (QED) is 0.556. The van der Waals surface area contributed by atoms with E-state index in [0.29, 0.717) is 42.1 Å². The molecule has 1 atom stereocenters. The molecule has 0 saturated heterocycles. The smallest absolute Gasteiger partial charge is 0.338 e. The monoisotopic (exact) mass is 454 g/mol. The predicted octanol–water partition coefficient (Wildman–Crippen LogP) is 5.09. The average molecular weight is 455 g/mol. The van der Waals surface area contributed by atoms with Crippen LogP contribution < -0.4 is 14.2 Å².